The molecule has 0 saturated carbocycles. The molecule has 22 heavy (non-hydrogen) atoms. The molecule has 0 aliphatic carbocycles. The molecule has 1 heterocycles. The second-order valence-electron chi connectivity index (χ2n) is 5.03. The van der Waals surface area contributed by atoms with E-state index in [1.165, 1.54) is 6.26 Å². The SMILES string of the molecule is CCC(O)CCNC(=O)Cc1coc(-c2ccc(Cl)cc2)n1. The summed E-state index contributed by atoms with van der Waals surface area (Å²) in [6.45, 7) is 2.36. The minimum absolute atomic E-state index is 0.140. The highest BCUT2D eigenvalue weighted by atomic mass is 35.5. The fourth-order valence-electron chi connectivity index (χ4n) is 1.92. The van der Waals surface area contributed by atoms with E-state index < -0.39 is 0 Å². The summed E-state index contributed by atoms with van der Waals surface area (Å²) >= 11 is 5.83. The Bertz CT molecular complexity index is 610. The lowest BCUT2D eigenvalue weighted by atomic mass is 10.2. The van der Waals surface area contributed by atoms with E-state index in [1.54, 1.807) is 12.1 Å². The van der Waals surface area contributed by atoms with Gasteiger partial charge in [0.2, 0.25) is 11.8 Å². The summed E-state index contributed by atoms with van der Waals surface area (Å²) in [7, 11) is 0. The Kier molecular flexibility index (Phi) is 5.98. The maximum Gasteiger partial charge on any atom is 0.226 e. The molecule has 0 aliphatic rings. The van der Waals surface area contributed by atoms with Crippen LogP contribution in [0.25, 0.3) is 11.5 Å². The summed E-state index contributed by atoms with van der Waals surface area (Å²) in [5.41, 5.74) is 1.38. The molecule has 0 radical (unpaired) electrons. The number of carbonyl (C=O) groups excluding carboxylic acids is 1. The van der Waals surface area contributed by atoms with Gasteiger partial charge in [-0.3, -0.25) is 4.79 Å². The standard InChI is InChI=1S/C16H19ClN2O3/c1-2-14(20)7-8-18-15(21)9-13-10-22-16(19-13)11-3-5-12(17)6-4-11/h3-6,10,14,20H,2,7-9H2,1H3,(H,18,21). The zero-order valence-electron chi connectivity index (χ0n) is 12.4. The van der Waals surface area contributed by atoms with Gasteiger partial charge in [-0.15, -0.1) is 0 Å². The number of nitrogens with one attached hydrogen (secondary N) is 1. The van der Waals surface area contributed by atoms with Crippen molar-refractivity contribution in [2.45, 2.75) is 32.3 Å². The molecule has 2 N–H and O–H groups in total. The summed E-state index contributed by atoms with van der Waals surface area (Å²) in [4.78, 5) is 16.1. The van der Waals surface area contributed by atoms with Crippen molar-refractivity contribution in [3.8, 4) is 11.5 Å². The van der Waals surface area contributed by atoms with Gasteiger partial charge in [-0.2, -0.15) is 0 Å². The minimum Gasteiger partial charge on any atom is -0.444 e. The highest BCUT2D eigenvalue weighted by Gasteiger charge is 2.10. The Hall–Kier alpha value is -1.85. The smallest absolute Gasteiger partial charge is 0.226 e. The monoisotopic (exact) mass is 322 g/mol. The van der Waals surface area contributed by atoms with Gasteiger partial charge in [0, 0.05) is 17.1 Å². The van der Waals surface area contributed by atoms with Crippen molar-refractivity contribution < 1.29 is 14.3 Å². The summed E-state index contributed by atoms with van der Waals surface area (Å²) in [6, 6.07) is 7.13. The van der Waals surface area contributed by atoms with Crippen LogP contribution in [-0.2, 0) is 11.2 Å². The van der Waals surface area contributed by atoms with Crippen LogP contribution >= 0.6 is 11.6 Å². The number of benzene rings is 1. The van der Waals surface area contributed by atoms with E-state index >= 15 is 0 Å². The number of aromatic nitrogens is 1. The number of carbonyl (C=O) groups is 1. The van der Waals surface area contributed by atoms with Crippen LogP contribution in [0.4, 0.5) is 0 Å². The zero-order chi connectivity index (χ0) is 15.9. The number of oxazole rings is 1. The number of hydrogen-bond acceptors (Lipinski definition) is 4. The van der Waals surface area contributed by atoms with Crippen LogP contribution < -0.4 is 5.32 Å². The van der Waals surface area contributed by atoms with Crippen LogP contribution in [0, 0.1) is 0 Å². The quantitative estimate of drug-likeness (QED) is 0.822. The Balaban J connectivity index is 1.86. The Labute approximate surface area is 134 Å². The highest BCUT2D eigenvalue weighted by Crippen LogP contribution is 2.20. The van der Waals surface area contributed by atoms with Gasteiger partial charge in [0.25, 0.3) is 0 Å². The molecule has 118 valence electrons. The van der Waals surface area contributed by atoms with Crippen molar-refractivity contribution in [1.29, 1.82) is 0 Å². The van der Waals surface area contributed by atoms with Gasteiger partial charge in [-0.25, -0.2) is 4.98 Å². The molecule has 0 bridgehead atoms. The number of aliphatic hydroxyl groups excluding tert-OH is 1. The number of aliphatic hydroxyl groups is 1. The molecule has 1 amide bonds. The van der Waals surface area contributed by atoms with E-state index in [9.17, 15) is 9.90 Å². The largest absolute Gasteiger partial charge is 0.444 e. The first-order chi connectivity index (χ1) is 10.6. The van der Waals surface area contributed by atoms with Gasteiger partial charge >= 0.3 is 0 Å². The molecule has 2 aromatic rings. The summed E-state index contributed by atoms with van der Waals surface area (Å²) in [5, 5.41) is 12.8. The van der Waals surface area contributed by atoms with E-state index in [1.807, 2.05) is 19.1 Å². The van der Waals surface area contributed by atoms with Gasteiger partial charge in [-0.1, -0.05) is 18.5 Å². The predicted molar refractivity (Wildman–Crippen MR) is 84.6 cm³/mol. The van der Waals surface area contributed by atoms with Crippen molar-refractivity contribution >= 4 is 17.5 Å². The van der Waals surface area contributed by atoms with Gasteiger partial charge in [0.15, 0.2) is 0 Å². The molecule has 5 nitrogen and oxygen atoms in total. The van der Waals surface area contributed by atoms with Crippen molar-refractivity contribution in [2.75, 3.05) is 6.54 Å². The van der Waals surface area contributed by atoms with E-state index in [0.717, 1.165) is 5.56 Å². The summed E-state index contributed by atoms with van der Waals surface area (Å²) in [6.07, 6.45) is 2.49. The molecule has 1 aromatic heterocycles. The van der Waals surface area contributed by atoms with Crippen LogP contribution in [0.2, 0.25) is 5.02 Å². The third kappa shape index (κ3) is 4.86. The molecule has 2 rings (SSSR count). The van der Waals surface area contributed by atoms with Crippen LogP contribution in [-0.4, -0.2) is 28.6 Å². The number of rotatable bonds is 7. The average molecular weight is 323 g/mol. The van der Waals surface area contributed by atoms with Crippen molar-refractivity contribution in [3.05, 3.63) is 41.2 Å². The normalized spacial score (nSPS) is 12.1. The van der Waals surface area contributed by atoms with Gasteiger partial charge in [-0.05, 0) is 37.1 Å². The third-order valence-corrected chi connectivity index (χ3v) is 3.51. The number of nitrogens with zero attached hydrogens (tertiary/aromatic N) is 1. The van der Waals surface area contributed by atoms with Gasteiger partial charge in [0.1, 0.15) is 6.26 Å². The summed E-state index contributed by atoms with van der Waals surface area (Å²) in [5.74, 6) is 0.320. The highest BCUT2D eigenvalue weighted by molar-refractivity contribution is 6.30. The molecular weight excluding hydrogens is 304 g/mol. The molecule has 0 spiro atoms. The van der Waals surface area contributed by atoms with E-state index in [4.69, 9.17) is 16.0 Å². The van der Waals surface area contributed by atoms with Crippen LogP contribution in [0.1, 0.15) is 25.5 Å². The maximum atomic E-state index is 11.8. The Morgan fingerprint density at radius 3 is 2.82 bits per heavy atom. The Morgan fingerprint density at radius 2 is 2.14 bits per heavy atom. The van der Waals surface area contributed by atoms with Crippen molar-refractivity contribution in [2.24, 2.45) is 0 Å². The van der Waals surface area contributed by atoms with E-state index in [2.05, 4.69) is 10.3 Å². The van der Waals surface area contributed by atoms with Crippen molar-refractivity contribution in [3.63, 3.8) is 0 Å². The molecule has 0 aliphatic heterocycles. The Morgan fingerprint density at radius 1 is 1.41 bits per heavy atom. The zero-order valence-corrected chi connectivity index (χ0v) is 13.1. The first kappa shape index (κ1) is 16.5. The van der Waals surface area contributed by atoms with E-state index in [0.29, 0.717) is 36.0 Å². The minimum atomic E-state index is -0.371. The number of amides is 1. The summed E-state index contributed by atoms with van der Waals surface area (Å²) < 4.78 is 5.38. The van der Waals surface area contributed by atoms with Gasteiger partial charge in [0.05, 0.1) is 18.2 Å². The fraction of sp³-hybridized carbons (Fsp3) is 0.375. The lowest BCUT2D eigenvalue weighted by Crippen LogP contribution is -2.28. The molecule has 1 unspecified atom stereocenters. The number of halogens is 1. The van der Waals surface area contributed by atoms with Crippen LogP contribution in [0.3, 0.4) is 0 Å². The molecule has 1 atom stereocenters. The average Bonchev–Trinajstić information content (AvgIpc) is 2.96. The lowest BCUT2D eigenvalue weighted by Gasteiger charge is -2.07. The lowest BCUT2D eigenvalue weighted by molar-refractivity contribution is -0.120. The molecule has 0 saturated heterocycles. The topological polar surface area (TPSA) is 75.4 Å². The fourth-order valence-corrected chi connectivity index (χ4v) is 2.05. The second kappa shape index (κ2) is 7.96. The van der Waals surface area contributed by atoms with Crippen molar-refractivity contribution in [1.82, 2.24) is 10.3 Å². The molecule has 0 fully saturated rings. The molecule has 1 aromatic carbocycles. The number of hydrogen-bond donors (Lipinski definition) is 2. The first-order valence-electron chi connectivity index (χ1n) is 7.23. The van der Waals surface area contributed by atoms with E-state index in [-0.39, 0.29) is 18.4 Å². The maximum absolute atomic E-state index is 11.8. The van der Waals surface area contributed by atoms with Gasteiger partial charge < -0.3 is 14.8 Å². The third-order valence-electron chi connectivity index (χ3n) is 3.26. The second-order valence-corrected chi connectivity index (χ2v) is 5.46. The first-order valence-corrected chi connectivity index (χ1v) is 7.61. The predicted octanol–water partition coefficient (Wildman–Crippen LogP) is 2.81. The molecular formula is C16H19ClN2O3. The molecule has 6 heteroatoms. The van der Waals surface area contributed by atoms with Crippen LogP contribution in [0.5, 0.6) is 0 Å². The van der Waals surface area contributed by atoms with Crippen LogP contribution in [0.15, 0.2) is 34.9 Å².